The molecular formula is C28H33N7O4S. The Labute approximate surface area is 233 Å². The summed E-state index contributed by atoms with van der Waals surface area (Å²) in [4.78, 5) is 13.5. The molecule has 0 aromatic carbocycles. The van der Waals surface area contributed by atoms with E-state index >= 15 is 0 Å². The van der Waals surface area contributed by atoms with Gasteiger partial charge in [-0.15, -0.1) is 0 Å². The molecule has 5 heterocycles. The van der Waals surface area contributed by atoms with Gasteiger partial charge in [-0.3, -0.25) is 0 Å². The number of rotatable bonds is 6. The number of aromatic nitrogens is 5. The first-order chi connectivity index (χ1) is 19.2. The highest BCUT2D eigenvalue weighted by Gasteiger charge is 2.38. The van der Waals surface area contributed by atoms with Crippen molar-refractivity contribution in [2.75, 3.05) is 18.5 Å². The number of anilines is 2. The summed E-state index contributed by atoms with van der Waals surface area (Å²) in [6.45, 7) is 5.33. The van der Waals surface area contributed by atoms with Crippen LogP contribution in [0.1, 0.15) is 63.1 Å². The number of hydrogen-bond acceptors (Lipinski definition) is 10. The molecule has 3 aromatic heterocycles. The molecule has 40 heavy (non-hydrogen) atoms. The summed E-state index contributed by atoms with van der Waals surface area (Å²) in [5, 5.41) is 21.2. The highest BCUT2D eigenvalue weighted by atomic mass is 32.2. The molecule has 0 amide bonds. The second-order valence-electron chi connectivity index (χ2n) is 11.1. The van der Waals surface area contributed by atoms with Crippen molar-refractivity contribution in [1.82, 2.24) is 29.5 Å². The van der Waals surface area contributed by atoms with E-state index < -0.39 is 15.6 Å². The third-order valence-electron chi connectivity index (χ3n) is 7.71. The highest BCUT2D eigenvalue weighted by molar-refractivity contribution is 7.90. The van der Waals surface area contributed by atoms with Crippen molar-refractivity contribution in [3.05, 3.63) is 48.0 Å². The molecule has 1 aliphatic carbocycles. The van der Waals surface area contributed by atoms with Crippen molar-refractivity contribution in [1.29, 1.82) is 0 Å². The molecule has 4 atom stereocenters. The van der Waals surface area contributed by atoms with Crippen LogP contribution in [0.3, 0.4) is 0 Å². The van der Waals surface area contributed by atoms with Crippen LogP contribution >= 0.6 is 0 Å². The van der Waals surface area contributed by atoms with Gasteiger partial charge in [0.2, 0.25) is 0 Å². The lowest BCUT2D eigenvalue weighted by Crippen LogP contribution is -2.41. The van der Waals surface area contributed by atoms with E-state index in [1.54, 1.807) is 18.5 Å². The van der Waals surface area contributed by atoms with Gasteiger partial charge in [-0.2, -0.15) is 9.19 Å². The molecule has 0 spiro atoms. The van der Waals surface area contributed by atoms with Gasteiger partial charge >= 0.3 is 0 Å². The molecule has 6 rings (SSSR count). The minimum absolute atomic E-state index is 0.0888. The van der Waals surface area contributed by atoms with E-state index in [-0.39, 0.29) is 23.3 Å². The van der Waals surface area contributed by atoms with Gasteiger partial charge in [-0.1, -0.05) is 11.8 Å². The fraction of sp³-hybridized carbons (Fsp3) is 0.500. The van der Waals surface area contributed by atoms with Crippen molar-refractivity contribution in [2.45, 2.75) is 68.9 Å². The third kappa shape index (κ3) is 5.74. The van der Waals surface area contributed by atoms with E-state index in [2.05, 4.69) is 42.5 Å². The number of ether oxygens (including phenoxy) is 1. The van der Waals surface area contributed by atoms with Crippen LogP contribution in [-0.4, -0.2) is 67.8 Å². The zero-order valence-corrected chi connectivity index (χ0v) is 23.4. The predicted octanol–water partition coefficient (Wildman–Crippen LogP) is 2.77. The summed E-state index contributed by atoms with van der Waals surface area (Å²) in [7, 11) is -3.47. The van der Waals surface area contributed by atoms with Crippen LogP contribution in [0.25, 0.3) is 11.4 Å². The number of aliphatic hydroxyl groups is 1. The summed E-state index contributed by atoms with van der Waals surface area (Å²) in [6, 6.07) is 3.57. The lowest BCUT2D eigenvalue weighted by atomic mass is 9.85. The van der Waals surface area contributed by atoms with Crippen LogP contribution in [-0.2, 0) is 14.8 Å². The minimum atomic E-state index is -3.47. The highest BCUT2D eigenvalue weighted by Crippen LogP contribution is 2.33. The van der Waals surface area contributed by atoms with Crippen LogP contribution in [0.5, 0.6) is 0 Å². The number of pyridine rings is 1. The van der Waals surface area contributed by atoms with Gasteiger partial charge in [0.25, 0.3) is 10.0 Å². The maximum atomic E-state index is 12.5. The molecule has 0 bridgehead atoms. The topological polar surface area (TPSA) is 144 Å². The van der Waals surface area contributed by atoms with Crippen LogP contribution in [0, 0.1) is 17.8 Å². The molecule has 2 aliphatic heterocycles. The molecule has 3 aliphatic rings. The Balaban J connectivity index is 1.27. The molecule has 0 radical (unpaired) electrons. The Bertz CT molecular complexity index is 1570. The monoisotopic (exact) mass is 563 g/mol. The smallest absolute Gasteiger partial charge is 0.256 e. The first-order valence-corrected chi connectivity index (χ1v) is 15.2. The maximum Gasteiger partial charge on any atom is 0.256 e. The van der Waals surface area contributed by atoms with Gasteiger partial charge in [0, 0.05) is 36.5 Å². The van der Waals surface area contributed by atoms with Crippen LogP contribution in [0.2, 0.25) is 0 Å². The van der Waals surface area contributed by atoms with Crippen molar-refractivity contribution in [3.63, 3.8) is 0 Å². The Kier molecular flexibility index (Phi) is 7.08. The molecule has 210 valence electrons. The van der Waals surface area contributed by atoms with Gasteiger partial charge in [-0.25, -0.2) is 23.4 Å². The lowest BCUT2D eigenvalue weighted by molar-refractivity contribution is 0.0131. The largest absolute Gasteiger partial charge is 0.390 e. The fourth-order valence-electron chi connectivity index (χ4n) is 5.15. The molecule has 2 saturated heterocycles. The second-order valence-corrected chi connectivity index (χ2v) is 13.2. The Morgan fingerprint density at radius 2 is 2.08 bits per heavy atom. The van der Waals surface area contributed by atoms with Gasteiger partial charge in [-0.05, 0) is 70.2 Å². The average Bonchev–Trinajstić information content (AvgIpc) is 3.53. The van der Waals surface area contributed by atoms with Gasteiger partial charge in [0.05, 0.1) is 34.9 Å². The molecule has 3 N–H and O–H groups in total. The van der Waals surface area contributed by atoms with Gasteiger partial charge < -0.3 is 20.5 Å². The molecule has 1 saturated carbocycles. The van der Waals surface area contributed by atoms with E-state index in [1.807, 2.05) is 19.9 Å². The van der Waals surface area contributed by atoms with Crippen molar-refractivity contribution in [3.8, 4) is 23.2 Å². The number of hydrogen-bond donors (Lipinski definition) is 3. The minimum Gasteiger partial charge on any atom is -0.390 e. The van der Waals surface area contributed by atoms with Crippen molar-refractivity contribution < 1.29 is 18.3 Å². The average molecular weight is 564 g/mol. The van der Waals surface area contributed by atoms with Crippen LogP contribution in [0.15, 0.2) is 36.9 Å². The van der Waals surface area contributed by atoms with E-state index in [4.69, 9.17) is 4.74 Å². The predicted molar refractivity (Wildman–Crippen MR) is 149 cm³/mol. The third-order valence-corrected chi connectivity index (χ3v) is 9.75. The van der Waals surface area contributed by atoms with E-state index in [0.29, 0.717) is 55.3 Å². The molecule has 4 unspecified atom stereocenters. The quantitative estimate of drug-likeness (QED) is 0.383. The van der Waals surface area contributed by atoms with E-state index in [0.717, 1.165) is 28.2 Å². The summed E-state index contributed by atoms with van der Waals surface area (Å²) in [5.41, 5.74) is 1.50. The molecule has 11 nitrogen and oxygen atoms in total. The van der Waals surface area contributed by atoms with E-state index in [1.165, 1.54) is 12.4 Å². The van der Waals surface area contributed by atoms with E-state index in [9.17, 15) is 13.5 Å². The van der Waals surface area contributed by atoms with Crippen molar-refractivity contribution >= 4 is 21.7 Å². The fourth-order valence-corrected chi connectivity index (χ4v) is 6.63. The SMILES string of the molecule is CC1OCCC1C#Cc1cnc(Nc2ccnc(-c3cnn(S(=O)(=O)C4CC4)c3)n2)cc1C1CC(C)(O)CCN1. The Hall–Kier alpha value is -3.37. The summed E-state index contributed by atoms with van der Waals surface area (Å²) < 4.78 is 31.7. The van der Waals surface area contributed by atoms with Gasteiger partial charge in [0.1, 0.15) is 11.6 Å². The first kappa shape index (κ1) is 26.8. The Morgan fingerprint density at radius 3 is 2.83 bits per heavy atom. The number of piperidine rings is 1. The first-order valence-electron chi connectivity index (χ1n) is 13.7. The summed E-state index contributed by atoms with van der Waals surface area (Å²) in [6.07, 6.45) is 9.84. The number of nitrogens with zero attached hydrogens (tertiary/aromatic N) is 5. The standard InChI is InChI=1S/C28H33N7O4S/c1-18-19(8-12-39-18)3-4-20-15-31-26(13-23(20)24-14-28(2,36)9-11-29-24)33-25-7-10-30-27(34-25)21-16-32-35(17-21)40(37,38)22-5-6-22/h7,10,13,15-19,22,24,29,36H,5-6,8-9,11-12,14H2,1-2H3,(H,30,31,33,34). The Morgan fingerprint density at radius 1 is 1.23 bits per heavy atom. The normalized spacial score (nSPS) is 26.7. The summed E-state index contributed by atoms with van der Waals surface area (Å²) in [5.74, 6) is 8.30. The van der Waals surface area contributed by atoms with Crippen molar-refractivity contribution in [2.24, 2.45) is 5.92 Å². The lowest BCUT2D eigenvalue weighted by Gasteiger charge is -2.35. The number of nitrogens with one attached hydrogen (secondary N) is 2. The zero-order chi connectivity index (χ0) is 27.9. The van der Waals surface area contributed by atoms with Gasteiger partial charge in [0.15, 0.2) is 5.82 Å². The maximum absolute atomic E-state index is 12.5. The summed E-state index contributed by atoms with van der Waals surface area (Å²) >= 11 is 0. The zero-order valence-electron chi connectivity index (χ0n) is 22.5. The second kappa shape index (κ2) is 10.6. The molecular weight excluding hydrogens is 530 g/mol. The molecule has 3 aromatic rings. The molecule has 3 fully saturated rings. The van der Waals surface area contributed by atoms with Crippen LogP contribution in [0.4, 0.5) is 11.6 Å². The van der Waals surface area contributed by atoms with Crippen LogP contribution < -0.4 is 10.6 Å². The molecule has 12 heteroatoms.